The van der Waals surface area contributed by atoms with Gasteiger partial charge < -0.3 is 15.2 Å². The minimum Gasteiger partial charge on any atom is -0.359 e. The third kappa shape index (κ3) is 4.92. The van der Waals surface area contributed by atoms with Crippen LogP contribution < -0.4 is 10.6 Å². The van der Waals surface area contributed by atoms with E-state index in [-0.39, 0.29) is 30.8 Å². The Kier molecular flexibility index (Phi) is 7.19. The van der Waals surface area contributed by atoms with Crippen LogP contribution in [-0.2, 0) is 17.8 Å². The van der Waals surface area contributed by atoms with E-state index in [9.17, 15) is 4.79 Å². The number of nitrogens with zero attached hydrogens (tertiary/aromatic N) is 3. The molecule has 9 heteroatoms. The standard InChI is InChI=1S/C16H20ClN5O2.ClH/c1-18-15(23)8-14-20-16(24-21-14)10-22-7-6-19-9-13(22)11-4-2-3-5-12(11)17;/h2-5,13,19H,6-10H2,1H3,(H,18,23);1H. The molecule has 0 spiro atoms. The first-order chi connectivity index (χ1) is 11.7. The molecule has 0 aliphatic carbocycles. The third-order valence-electron chi connectivity index (χ3n) is 4.06. The Morgan fingerprint density at radius 1 is 1.48 bits per heavy atom. The van der Waals surface area contributed by atoms with Gasteiger partial charge in [0.15, 0.2) is 5.82 Å². The molecule has 1 aliphatic heterocycles. The van der Waals surface area contributed by atoms with Gasteiger partial charge in [-0.25, -0.2) is 0 Å². The normalized spacial score (nSPS) is 17.8. The van der Waals surface area contributed by atoms with E-state index in [4.69, 9.17) is 16.1 Å². The monoisotopic (exact) mass is 385 g/mol. The van der Waals surface area contributed by atoms with E-state index in [1.807, 2.05) is 24.3 Å². The van der Waals surface area contributed by atoms with Crippen LogP contribution in [0.4, 0.5) is 0 Å². The van der Waals surface area contributed by atoms with Gasteiger partial charge in [0.1, 0.15) is 0 Å². The van der Waals surface area contributed by atoms with Crippen molar-refractivity contribution in [2.24, 2.45) is 0 Å². The molecule has 2 heterocycles. The number of piperazine rings is 1. The Hall–Kier alpha value is -1.67. The highest BCUT2D eigenvalue weighted by atomic mass is 35.5. The average molecular weight is 386 g/mol. The lowest BCUT2D eigenvalue weighted by atomic mass is 10.0. The molecule has 2 N–H and O–H groups in total. The summed E-state index contributed by atoms with van der Waals surface area (Å²) in [5, 5.41) is 10.6. The van der Waals surface area contributed by atoms with E-state index < -0.39 is 0 Å². The minimum atomic E-state index is -0.140. The molecule has 1 aromatic carbocycles. The third-order valence-corrected chi connectivity index (χ3v) is 4.41. The first-order valence-electron chi connectivity index (χ1n) is 7.88. The smallest absolute Gasteiger partial charge is 0.240 e. The Morgan fingerprint density at radius 2 is 2.28 bits per heavy atom. The lowest BCUT2D eigenvalue weighted by Gasteiger charge is -2.35. The van der Waals surface area contributed by atoms with E-state index in [0.717, 1.165) is 30.2 Å². The second-order valence-electron chi connectivity index (χ2n) is 5.67. The molecule has 1 atom stereocenters. The van der Waals surface area contributed by atoms with Crippen molar-refractivity contribution < 1.29 is 9.32 Å². The summed E-state index contributed by atoms with van der Waals surface area (Å²) in [5.74, 6) is 0.764. The largest absolute Gasteiger partial charge is 0.359 e. The molecular formula is C16H21Cl2N5O2. The molecule has 0 saturated carbocycles. The lowest BCUT2D eigenvalue weighted by Crippen LogP contribution is -2.45. The summed E-state index contributed by atoms with van der Waals surface area (Å²) in [4.78, 5) is 18.0. The van der Waals surface area contributed by atoms with Crippen molar-refractivity contribution in [3.63, 3.8) is 0 Å². The molecule has 1 unspecified atom stereocenters. The van der Waals surface area contributed by atoms with Crippen LogP contribution >= 0.6 is 24.0 Å². The maximum Gasteiger partial charge on any atom is 0.240 e. The zero-order valence-corrected chi connectivity index (χ0v) is 15.4. The second kappa shape index (κ2) is 9.15. The van der Waals surface area contributed by atoms with Gasteiger partial charge in [0.2, 0.25) is 11.8 Å². The number of likely N-dealkylation sites (N-methyl/N-ethyl adjacent to an activating group) is 1. The number of halogens is 2. The topological polar surface area (TPSA) is 83.3 Å². The number of aromatic nitrogens is 2. The van der Waals surface area contributed by atoms with Gasteiger partial charge in [0.25, 0.3) is 0 Å². The van der Waals surface area contributed by atoms with Crippen LogP contribution in [0.5, 0.6) is 0 Å². The van der Waals surface area contributed by atoms with Crippen LogP contribution in [0.1, 0.15) is 23.3 Å². The molecule has 136 valence electrons. The molecule has 1 amide bonds. The van der Waals surface area contributed by atoms with Gasteiger partial charge in [0, 0.05) is 37.7 Å². The molecule has 1 fully saturated rings. The average Bonchev–Trinajstić information content (AvgIpc) is 3.03. The van der Waals surface area contributed by atoms with Crippen LogP contribution in [0.3, 0.4) is 0 Å². The number of rotatable bonds is 5. The van der Waals surface area contributed by atoms with Gasteiger partial charge in [-0.1, -0.05) is 35.0 Å². The van der Waals surface area contributed by atoms with E-state index in [2.05, 4.69) is 25.7 Å². The first-order valence-corrected chi connectivity index (χ1v) is 8.26. The van der Waals surface area contributed by atoms with Crippen LogP contribution in [0.2, 0.25) is 5.02 Å². The van der Waals surface area contributed by atoms with Crippen molar-refractivity contribution in [3.05, 3.63) is 46.6 Å². The number of nitrogens with one attached hydrogen (secondary N) is 2. The van der Waals surface area contributed by atoms with Gasteiger partial charge in [0.05, 0.1) is 13.0 Å². The van der Waals surface area contributed by atoms with Crippen molar-refractivity contribution in [2.75, 3.05) is 26.7 Å². The zero-order valence-electron chi connectivity index (χ0n) is 13.9. The Bertz CT molecular complexity index is 709. The number of benzene rings is 1. The zero-order chi connectivity index (χ0) is 16.9. The molecule has 3 rings (SSSR count). The number of hydrogen-bond donors (Lipinski definition) is 2. The Morgan fingerprint density at radius 3 is 3.04 bits per heavy atom. The minimum absolute atomic E-state index is 0. The predicted octanol–water partition coefficient (Wildman–Crippen LogP) is 1.58. The van der Waals surface area contributed by atoms with Crippen molar-refractivity contribution >= 4 is 29.9 Å². The maximum atomic E-state index is 11.4. The summed E-state index contributed by atoms with van der Waals surface area (Å²) < 4.78 is 5.29. The summed E-state index contributed by atoms with van der Waals surface area (Å²) in [6.45, 7) is 3.07. The van der Waals surface area contributed by atoms with E-state index in [0.29, 0.717) is 18.3 Å². The number of amides is 1. The van der Waals surface area contributed by atoms with Crippen LogP contribution in [0, 0.1) is 0 Å². The highest BCUT2D eigenvalue weighted by Crippen LogP contribution is 2.29. The number of hydrogen-bond acceptors (Lipinski definition) is 6. The molecule has 2 aromatic rings. The molecule has 0 bridgehead atoms. The van der Waals surface area contributed by atoms with Crippen molar-refractivity contribution in [1.29, 1.82) is 0 Å². The summed E-state index contributed by atoms with van der Waals surface area (Å²) in [7, 11) is 1.58. The van der Waals surface area contributed by atoms with Gasteiger partial charge in [-0.05, 0) is 11.6 Å². The summed E-state index contributed by atoms with van der Waals surface area (Å²) in [6, 6.07) is 7.99. The Balaban J connectivity index is 0.00000225. The molecule has 25 heavy (non-hydrogen) atoms. The molecule has 7 nitrogen and oxygen atoms in total. The molecule has 1 aromatic heterocycles. The summed E-state index contributed by atoms with van der Waals surface area (Å²) >= 11 is 6.35. The fourth-order valence-corrected chi connectivity index (χ4v) is 3.08. The highest BCUT2D eigenvalue weighted by molar-refractivity contribution is 6.31. The highest BCUT2D eigenvalue weighted by Gasteiger charge is 2.27. The fraction of sp³-hybridized carbons (Fsp3) is 0.438. The first kappa shape index (κ1) is 19.7. The van der Waals surface area contributed by atoms with Crippen molar-refractivity contribution in [3.8, 4) is 0 Å². The molecule has 1 saturated heterocycles. The van der Waals surface area contributed by atoms with E-state index in [1.54, 1.807) is 7.05 Å². The van der Waals surface area contributed by atoms with Crippen molar-refractivity contribution in [1.82, 2.24) is 25.7 Å². The Labute approximate surface area is 157 Å². The van der Waals surface area contributed by atoms with Gasteiger partial charge in [-0.3, -0.25) is 9.69 Å². The van der Waals surface area contributed by atoms with Gasteiger partial charge >= 0.3 is 0 Å². The van der Waals surface area contributed by atoms with Crippen LogP contribution in [0.15, 0.2) is 28.8 Å². The second-order valence-corrected chi connectivity index (χ2v) is 6.07. The quantitative estimate of drug-likeness (QED) is 0.812. The number of carbonyl (C=O) groups excluding carboxylic acids is 1. The van der Waals surface area contributed by atoms with Gasteiger partial charge in [-0.15, -0.1) is 12.4 Å². The van der Waals surface area contributed by atoms with E-state index >= 15 is 0 Å². The predicted molar refractivity (Wildman–Crippen MR) is 96.8 cm³/mol. The SMILES string of the molecule is CNC(=O)Cc1noc(CN2CCNCC2c2ccccc2Cl)n1.Cl. The van der Waals surface area contributed by atoms with Crippen LogP contribution in [0.25, 0.3) is 0 Å². The fourth-order valence-electron chi connectivity index (χ4n) is 2.82. The van der Waals surface area contributed by atoms with Crippen molar-refractivity contribution in [2.45, 2.75) is 19.0 Å². The molecule has 0 radical (unpaired) electrons. The summed E-state index contributed by atoms with van der Waals surface area (Å²) in [6.07, 6.45) is 0.121. The molecular weight excluding hydrogens is 365 g/mol. The molecule has 1 aliphatic rings. The van der Waals surface area contributed by atoms with Crippen LogP contribution in [-0.4, -0.2) is 47.6 Å². The number of carbonyl (C=O) groups is 1. The lowest BCUT2D eigenvalue weighted by molar-refractivity contribution is -0.120. The van der Waals surface area contributed by atoms with Gasteiger partial charge in [-0.2, -0.15) is 4.98 Å². The maximum absolute atomic E-state index is 11.4. The summed E-state index contributed by atoms with van der Waals surface area (Å²) in [5.41, 5.74) is 1.08. The van der Waals surface area contributed by atoms with E-state index in [1.165, 1.54) is 0 Å².